The number of aromatic nitrogens is 1. The van der Waals surface area contributed by atoms with Crippen LogP contribution in [0.15, 0.2) is 12.1 Å². The molecule has 0 amide bonds. The van der Waals surface area contributed by atoms with Crippen LogP contribution in [0, 0.1) is 0 Å². The Balaban J connectivity index is 2.63. The normalized spacial score (nSPS) is 11.7. The largest absolute Gasteiger partial charge is 0.534 e. The molecule has 8 heteroatoms. The average Bonchev–Trinajstić information content (AvgIpc) is 2.78. The van der Waals surface area contributed by atoms with E-state index in [1.54, 1.807) is 6.92 Å². The maximum atomic E-state index is 11.7. The molecule has 0 aliphatic rings. The van der Waals surface area contributed by atoms with Crippen molar-refractivity contribution in [2.24, 2.45) is 0 Å². The van der Waals surface area contributed by atoms with Gasteiger partial charge in [-0.2, -0.15) is 0 Å². The van der Waals surface area contributed by atoms with Gasteiger partial charge in [-0.25, -0.2) is 9.59 Å². The number of ether oxygens (including phenoxy) is 2. The van der Waals surface area contributed by atoms with E-state index in [1.165, 1.54) is 0 Å². The Kier molecular flexibility index (Phi) is 7.07. The molecule has 1 heterocycles. The van der Waals surface area contributed by atoms with Gasteiger partial charge in [-0.1, -0.05) is 19.8 Å². The molecule has 8 nitrogen and oxygen atoms in total. The van der Waals surface area contributed by atoms with Gasteiger partial charge in [0.25, 0.3) is 0 Å². The van der Waals surface area contributed by atoms with Crippen molar-refractivity contribution >= 4 is 12.1 Å². The molecule has 0 saturated heterocycles. The highest BCUT2D eigenvalue weighted by Gasteiger charge is 2.26. The number of nitrogens with zero attached hydrogens (tertiary/aromatic N) is 1. The smallest absolute Gasteiger partial charge is 0.492 e. The van der Waals surface area contributed by atoms with E-state index in [9.17, 15) is 19.8 Å². The molecule has 0 fully saturated rings. The van der Waals surface area contributed by atoms with Gasteiger partial charge in [-0.15, -0.1) is 4.73 Å². The van der Waals surface area contributed by atoms with E-state index in [2.05, 4.69) is 4.84 Å². The second kappa shape index (κ2) is 8.81. The lowest BCUT2D eigenvalue weighted by atomic mass is 10.1. The first-order valence-electron chi connectivity index (χ1n) is 7.14. The highest BCUT2D eigenvalue weighted by atomic mass is 16.8. The van der Waals surface area contributed by atoms with Crippen LogP contribution in [0.5, 0.6) is 11.8 Å². The molecule has 0 aliphatic carbocycles. The van der Waals surface area contributed by atoms with Gasteiger partial charge < -0.3 is 19.7 Å². The molecule has 124 valence electrons. The summed E-state index contributed by atoms with van der Waals surface area (Å²) in [5.41, 5.74) is 0. The Morgan fingerprint density at radius 3 is 2.36 bits per heavy atom. The topological polar surface area (TPSA) is 107 Å². The molecule has 1 aromatic rings. The van der Waals surface area contributed by atoms with Gasteiger partial charge in [-0.05, 0) is 19.8 Å². The van der Waals surface area contributed by atoms with E-state index in [1.807, 2.05) is 6.92 Å². The van der Waals surface area contributed by atoms with Gasteiger partial charge in [0.05, 0.1) is 6.61 Å². The highest BCUT2D eigenvalue weighted by molar-refractivity contribution is 5.77. The molecule has 0 saturated carbocycles. The molecule has 2 N–H and O–H groups in total. The van der Waals surface area contributed by atoms with Crippen LogP contribution in [-0.2, 0) is 14.3 Å². The van der Waals surface area contributed by atoms with E-state index >= 15 is 0 Å². The summed E-state index contributed by atoms with van der Waals surface area (Å²) in [5, 5.41) is 18.7. The summed E-state index contributed by atoms with van der Waals surface area (Å²) < 4.78 is 10.2. The molecule has 1 rings (SSSR count). The van der Waals surface area contributed by atoms with Crippen molar-refractivity contribution in [3.63, 3.8) is 0 Å². The minimum absolute atomic E-state index is 0.167. The molecule has 0 radical (unpaired) electrons. The Morgan fingerprint density at radius 1 is 1.18 bits per heavy atom. The Bertz CT molecular complexity index is 478. The fraction of sp³-hybridized carbons (Fsp3) is 0.571. The minimum Gasteiger partial charge on any atom is -0.492 e. The molecule has 22 heavy (non-hydrogen) atoms. The number of carbonyl (C=O) groups is 2. The first-order valence-corrected chi connectivity index (χ1v) is 7.14. The SMILES string of the molecule is CCCCCC(OC(=O)On1c(O)ccc1O)C(=O)OCC. The molecule has 0 spiro atoms. The molecule has 0 aliphatic heterocycles. The molecular formula is C14H21NO7. The van der Waals surface area contributed by atoms with Gasteiger partial charge in [-0.3, -0.25) is 4.84 Å². The van der Waals surface area contributed by atoms with Crippen molar-refractivity contribution in [2.75, 3.05) is 6.61 Å². The summed E-state index contributed by atoms with van der Waals surface area (Å²) >= 11 is 0. The van der Waals surface area contributed by atoms with Crippen LogP contribution >= 0.6 is 0 Å². The summed E-state index contributed by atoms with van der Waals surface area (Å²) in [5.74, 6) is -1.61. The van der Waals surface area contributed by atoms with Crippen molar-refractivity contribution in [3.8, 4) is 11.8 Å². The molecule has 0 aromatic carbocycles. The number of rotatable bonds is 8. The molecular weight excluding hydrogens is 294 g/mol. The monoisotopic (exact) mass is 315 g/mol. The van der Waals surface area contributed by atoms with Crippen molar-refractivity contribution in [1.82, 2.24) is 4.73 Å². The van der Waals surface area contributed by atoms with Gasteiger partial charge in [0.1, 0.15) is 0 Å². The number of hydrogen-bond donors (Lipinski definition) is 2. The first-order chi connectivity index (χ1) is 10.5. The van der Waals surface area contributed by atoms with Crippen LogP contribution in [0.4, 0.5) is 4.79 Å². The second-order valence-corrected chi connectivity index (χ2v) is 4.54. The molecule has 0 bridgehead atoms. The summed E-state index contributed by atoms with van der Waals surface area (Å²) in [6.45, 7) is 3.82. The van der Waals surface area contributed by atoms with E-state index in [0.717, 1.165) is 25.0 Å². The summed E-state index contributed by atoms with van der Waals surface area (Å²) in [4.78, 5) is 28.0. The van der Waals surface area contributed by atoms with Crippen LogP contribution in [-0.4, -0.2) is 39.8 Å². The van der Waals surface area contributed by atoms with Crippen molar-refractivity contribution in [1.29, 1.82) is 0 Å². The van der Waals surface area contributed by atoms with E-state index in [-0.39, 0.29) is 6.61 Å². The first kappa shape index (κ1) is 17.7. The highest BCUT2D eigenvalue weighted by Crippen LogP contribution is 2.19. The predicted octanol–water partition coefficient (Wildman–Crippen LogP) is 1.98. The lowest BCUT2D eigenvalue weighted by Gasteiger charge is -2.16. The average molecular weight is 315 g/mol. The maximum Gasteiger partial charge on any atom is 0.534 e. The van der Waals surface area contributed by atoms with Gasteiger partial charge >= 0.3 is 12.1 Å². The Hall–Kier alpha value is -2.38. The zero-order chi connectivity index (χ0) is 16.5. The third-order valence-electron chi connectivity index (χ3n) is 2.82. The second-order valence-electron chi connectivity index (χ2n) is 4.54. The van der Waals surface area contributed by atoms with Crippen LogP contribution in [0.3, 0.4) is 0 Å². The zero-order valence-corrected chi connectivity index (χ0v) is 12.7. The van der Waals surface area contributed by atoms with Crippen molar-refractivity contribution in [2.45, 2.75) is 45.6 Å². The number of carbonyl (C=O) groups excluding carboxylic acids is 2. The standard InChI is InChI=1S/C14H21NO7/c1-3-5-6-7-10(13(18)20-4-2)21-14(19)22-15-11(16)8-9-12(15)17/h8-10,16-17H,3-7H2,1-2H3. The maximum absolute atomic E-state index is 11.7. The third kappa shape index (κ3) is 5.19. The van der Waals surface area contributed by atoms with Gasteiger partial charge in [0, 0.05) is 12.1 Å². The Labute approximate surface area is 128 Å². The van der Waals surface area contributed by atoms with E-state index < -0.39 is 30.0 Å². The quantitative estimate of drug-likeness (QED) is 0.558. The minimum atomic E-state index is -1.23. The van der Waals surface area contributed by atoms with Crippen molar-refractivity contribution in [3.05, 3.63) is 12.1 Å². The molecule has 1 atom stereocenters. The summed E-state index contributed by atoms with van der Waals surface area (Å²) in [7, 11) is 0. The Morgan fingerprint density at radius 2 is 1.82 bits per heavy atom. The predicted molar refractivity (Wildman–Crippen MR) is 75.4 cm³/mol. The lowest BCUT2D eigenvalue weighted by molar-refractivity contribution is -0.155. The van der Waals surface area contributed by atoms with Gasteiger partial charge in [0.15, 0.2) is 0 Å². The van der Waals surface area contributed by atoms with Crippen LogP contribution in [0.1, 0.15) is 39.5 Å². The summed E-state index contributed by atoms with van der Waals surface area (Å²) in [6, 6.07) is 2.26. The van der Waals surface area contributed by atoms with Crippen LogP contribution < -0.4 is 4.84 Å². The summed E-state index contributed by atoms with van der Waals surface area (Å²) in [6.07, 6.45) is 0.521. The zero-order valence-electron chi connectivity index (χ0n) is 12.7. The fourth-order valence-electron chi connectivity index (χ4n) is 1.75. The van der Waals surface area contributed by atoms with Crippen LogP contribution in [0.25, 0.3) is 0 Å². The van der Waals surface area contributed by atoms with Crippen LogP contribution in [0.2, 0.25) is 0 Å². The van der Waals surface area contributed by atoms with Gasteiger partial charge in [0.2, 0.25) is 17.9 Å². The number of hydrogen-bond acceptors (Lipinski definition) is 7. The fourth-order valence-corrected chi connectivity index (χ4v) is 1.75. The number of aromatic hydroxyl groups is 2. The number of esters is 1. The molecule has 1 aromatic heterocycles. The van der Waals surface area contributed by atoms with E-state index in [4.69, 9.17) is 9.47 Å². The lowest BCUT2D eigenvalue weighted by Crippen LogP contribution is -2.32. The van der Waals surface area contributed by atoms with E-state index in [0.29, 0.717) is 17.6 Å². The molecule has 1 unspecified atom stereocenters. The van der Waals surface area contributed by atoms with Crippen molar-refractivity contribution < 1.29 is 34.1 Å². The number of unbranched alkanes of at least 4 members (excludes halogenated alkanes) is 2. The third-order valence-corrected chi connectivity index (χ3v) is 2.82.